The van der Waals surface area contributed by atoms with Crippen LogP contribution in [0.1, 0.15) is 67.5 Å². The summed E-state index contributed by atoms with van der Waals surface area (Å²) in [5.74, 6) is 1.27. The number of carbonyl (C=O) groups excluding carboxylic acids is 1. The average molecular weight is 452 g/mol. The van der Waals surface area contributed by atoms with Crippen LogP contribution < -0.4 is 0 Å². The highest BCUT2D eigenvalue weighted by atomic mass is 32.1. The molecule has 0 saturated heterocycles. The van der Waals surface area contributed by atoms with Gasteiger partial charge in [0.15, 0.2) is 11.5 Å². The fourth-order valence-electron chi connectivity index (χ4n) is 4.32. The Bertz CT molecular complexity index is 1140. The molecular weight excluding hydrogens is 418 g/mol. The van der Waals surface area contributed by atoms with Gasteiger partial charge in [0.1, 0.15) is 0 Å². The molecule has 170 valence electrons. The lowest BCUT2D eigenvalue weighted by atomic mass is 9.91. The number of aryl methyl sites for hydroxylation is 1. The van der Waals surface area contributed by atoms with Crippen molar-refractivity contribution in [2.24, 2.45) is 5.92 Å². The normalized spacial score (nSPS) is 13.2. The zero-order chi connectivity index (χ0) is 23.2. The molecule has 1 amide bonds. The summed E-state index contributed by atoms with van der Waals surface area (Å²) in [5.41, 5.74) is 5.70. The van der Waals surface area contributed by atoms with E-state index in [4.69, 9.17) is 4.98 Å². The van der Waals surface area contributed by atoms with E-state index in [-0.39, 0.29) is 18.1 Å². The highest BCUT2D eigenvalue weighted by molar-refractivity contribution is 7.13. The fraction of sp³-hybridized carbons (Fsp3) is 0.462. The van der Waals surface area contributed by atoms with Crippen LogP contribution in [0, 0.1) is 5.92 Å². The van der Waals surface area contributed by atoms with Crippen LogP contribution in [0.4, 0.5) is 0 Å². The molecule has 3 aromatic rings. The predicted octanol–water partition coefficient (Wildman–Crippen LogP) is 5.26. The minimum absolute atomic E-state index is 0.0399. The molecule has 0 radical (unpaired) electrons. The van der Waals surface area contributed by atoms with Crippen molar-refractivity contribution in [1.82, 2.24) is 14.5 Å². The number of thiophene rings is 1. The molecule has 2 aromatic heterocycles. The van der Waals surface area contributed by atoms with Gasteiger partial charge in [-0.25, -0.2) is 4.98 Å². The number of fused-ring (bicyclic) bond motifs is 3. The number of amides is 1. The Hall–Kier alpha value is -2.44. The summed E-state index contributed by atoms with van der Waals surface area (Å²) in [6.45, 7) is 10.6. The number of aliphatic hydroxyl groups is 1. The van der Waals surface area contributed by atoms with E-state index in [2.05, 4.69) is 36.6 Å². The number of benzene rings is 1. The SMILES string of the molecule is CC(C)Cc1cc2c(cc1CO)CCc1c(C(=O)N(C)C(C)(C)C)nc(-c3cccs3)n1-2. The molecule has 0 atom stereocenters. The average Bonchev–Trinajstić information content (AvgIpc) is 3.38. The monoisotopic (exact) mass is 451 g/mol. The Morgan fingerprint density at radius 3 is 2.59 bits per heavy atom. The Balaban J connectivity index is 1.94. The van der Waals surface area contributed by atoms with Gasteiger partial charge >= 0.3 is 0 Å². The van der Waals surface area contributed by atoms with Gasteiger partial charge in [-0.1, -0.05) is 26.0 Å². The first-order valence-corrected chi connectivity index (χ1v) is 12.2. The molecule has 4 rings (SSSR count). The van der Waals surface area contributed by atoms with Gasteiger partial charge in [-0.05, 0) is 80.2 Å². The number of imidazole rings is 1. The largest absolute Gasteiger partial charge is 0.392 e. The first-order chi connectivity index (χ1) is 15.1. The summed E-state index contributed by atoms with van der Waals surface area (Å²) in [6.07, 6.45) is 2.48. The summed E-state index contributed by atoms with van der Waals surface area (Å²) in [6, 6.07) is 8.45. The third kappa shape index (κ3) is 4.02. The third-order valence-electron chi connectivity index (χ3n) is 6.30. The van der Waals surface area contributed by atoms with Crippen LogP contribution in [0.3, 0.4) is 0 Å². The highest BCUT2D eigenvalue weighted by Gasteiger charge is 2.33. The molecule has 1 aliphatic heterocycles. The molecule has 1 aliphatic rings. The van der Waals surface area contributed by atoms with E-state index in [1.165, 1.54) is 11.1 Å². The van der Waals surface area contributed by atoms with Crippen LogP contribution in [0.5, 0.6) is 0 Å². The van der Waals surface area contributed by atoms with E-state index in [1.807, 2.05) is 39.3 Å². The maximum atomic E-state index is 13.5. The van der Waals surface area contributed by atoms with Gasteiger partial charge in [-0.15, -0.1) is 11.3 Å². The number of aliphatic hydroxyl groups excluding tert-OH is 1. The van der Waals surface area contributed by atoms with Gasteiger partial charge in [0.05, 0.1) is 22.9 Å². The van der Waals surface area contributed by atoms with E-state index >= 15 is 0 Å². The molecule has 1 N–H and O–H groups in total. The van der Waals surface area contributed by atoms with Crippen molar-refractivity contribution in [2.45, 2.75) is 66.0 Å². The predicted molar refractivity (Wildman–Crippen MR) is 131 cm³/mol. The van der Waals surface area contributed by atoms with E-state index in [0.717, 1.165) is 46.9 Å². The second-order valence-electron chi connectivity index (χ2n) is 10.1. The van der Waals surface area contributed by atoms with Gasteiger partial charge in [0.2, 0.25) is 0 Å². The molecule has 3 heterocycles. The minimum Gasteiger partial charge on any atom is -0.392 e. The van der Waals surface area contributed by atoms with Gasteiger partial charge in [-0.2, -0.15) is 0 Å². The fourth-order valence-corrected chi connectivity index (χ4v) is 5.02. The number of carbonyl (C=O) groups is 1. The quantitative estimate of drug-likeness (QED) is 0.576. The Morgan fingerprint density at radius 1 is 1.25 bits per heavy atom. The summed E-state index contributed by atoms with van der Waals surface area (Å²) in [7, 11) is 1.85. The summed E-state index contributed by atoms with van der Waals surface area (Å²) >= 11 is 1.64. The van der Waals surface area contributed by atoms with Crippen molar-refractivity contribution in [2.75, 3.05) is 7.05 Å². The molecule has 0 unspecified atom stereocenters. The van der Waals surface area contributed by atoms with Crippen molar-refractivity contribution < 1.29 is 9.90 Å². The maximum absolute atomic E-state index is 13.5. The number of hydrogen-bond acceptors (Lipinski definition) is 4. The molecule has 1 aromatic carbocycles. The van der Waals surface area contributed by atoms with Crippen LogP contribution in [0.25, 0.3) is 16.4 Å². The van der Waals surface area contributed by atoms with Gasteiger partial charge in [0.25, 0.3) is 5.91 Å². The number of aromatic nitrogens is 2. The second kappa shape index (κ2) is 8.49. The second-order valence-corrected chi connectivity index (χ2v) is 11.0. The summed E-state index contributed by atoms with van der Waals surface area (Å²) in [5, 5.41) is 12.0. The van der Waals surface area contributed by atoms with Crippen molar-refractivity contribution in [3.8, 4) is 16.4 Å². The molecule has 0 fully saturated rings. The third-order valence-corrected chi connectivity index (χ3v) is 7.17. The lowest BCUT2D eigenvalue weighted by molar-refractivity contribution is 0.0649. The zero-order valence-electron chi connectivity index (χ0n) is 19.9. The topological polar surface area (TPSA) is 58.4 Å². The molecule has 32 heavy (non-hydrogen) atoms. The number of hydrogen-bond donors (Lipinski definition) is 1. The lowest BCUT2D eigenvalue weighted by Gasteiger charge is -2.32. The molecule has 0 aliphatic carbocycles. The zero-order valence-corrected chi connectivity index (χ0v) is 20.7. The smallest absolute Gasteiger partial charge is 0.274 e. The molecule has 0 saturated carbocycles. The van der Waals surface area contributed by atoms with Gasteiger partial charge in [-0.3, -0.25) is 9.36 Å². The molecular formula is C26H33N3O2S. The standard InChI is InChI=1S/C26H33N3O2S/c1-16(2)12-18-14-21-17(13-19(18)15-30)9-10-20-23(25(31)28(6)26(3,4)5)27-24(29(20)21)22-8-7-11-32-22/h7-8,11,13-14,16,30H,9-10,12,15H2,1-6H3. The van der Waals surface area contributed by atoms with E-state index in [9.17, 15) is 9.90 Å². The Kier molecular flexibility index (Phi) is 6.03. The van der Waals surface area contributed by atoms with Crippen LogP contribution in [-0.2, 0) is 25.9 Å². The van der Waals surface area contributed by atoms with Crippen LogP contribution in [0.15, 0.2) is 29.6 Å². The van der Waals surface area contributed by atoms with E-state index < -0.39 is 0 Å². The first-order valence-electron chi connectivity index (χ1n) is 11.3. The molecule has 5 nitrogen and oxygen atoms in total. The van der Waals surface area contributed by atoms with Crippen LogP contribution in [0.2, 0.25) is 0 Å². The highest BCUT2D eigenvalue weighted by Crippen LogP contribution is 2.37. The van der Waals surface area contributed by atoms with Crippen molar-refractivity contribution >= 4 is 17.2 Å². The van der Waals surface area contributed by atoms with Crippen LogP contribution in [-0.4, -0.2) is 38.1 Å². The number of rotatable bonds is 5. The maximum Gasteiger partial charge on any atom is 0.274 e. The number of nitrogens with zero attached hydrogens (tertiary/aromatic N) is 3. The van der Waals surface area contributed by atoms with E-state index in [0.29, 0.717) is 11.6 Å². The summed E-state index contributed by atoms with van der Waals surface area (Å²) < 4.78 is 2.19. The van der Waals surface area contributed by atoms with Crippen LogP contribution >= 0.6 is 11.3 Å². The Labute approximate surface area is 194 Å². The molecule has 0 bridgehead atoms. The molecule has 0 spiro atoms. The van der Waals surface area contributed by atoms with Gasteiger partial charge in [0, 0.05) is 12.6 Å². The van der Waals surface area contributed by atoms with E-state index in [1.54, 1.807) is 16.2 Å². The lowest BCUT2D eigenvalue weighted by Crippen LogP contribution is -2.43. The van der Waals surface area contributed by atoms with Gasteiger partial charge < -0.3 is 10.0 Å². The van der Waals surface area contributed by atoms with Crippen molar-refractivity contribution in [1.29, 1.82) is 0 Å². The Morgan fingerprint density at radius 2 is 2.00 bits per heavy atom. The first kappa shape index (κ1) is 22.7. The van der Waals surface area contributed by atoms with Crippen molar-refractivity contribution in [3.05, 3.63) is 57.7 Å². The van der Waals surface area contributed by atoms with Crippen molar-refractivity contribution in [3.63, 3.8) is 0 Å². The molecule has 6 heteroatoms. The summed E-state index contributed by atoms with van der Waals surface area (Å²) in [4.78, 5) is 21.3. The minimum atomic E-state index is -0.288.